The predicted octanol–water partition coefficient (Wildman–Crippen LogP) is 5.08. The fourth-order valence-electron chi connectivity index (χ4n) is 2.84. The molecule has 0 aliphatic heterocycles. The Morgan fingerprint density at radius 3 is 2.53 bits per heavy atom. The van der Waals surface area contributed by atoms with E-state index in [0.29, 0.717) is 27.9 Å². The van der Waals surface area contributed by atoms with Crippen LogP contribution in [0.4, 0.5) is 5.69 Å². The number of pyridine rings is 1. The van der Waals surface area contributed by atoms with Gasteiger partial charge >= 0.3 is 5.97 Å². The van der Waals surface area contributed by atoms with Gasteiger partial charge in [0.05, 0.1) is 22.2 Å². The average Bonchev–Trinajstić information content (AvgIpc) is 2.75. The number of sulfonamides is 1. The number of fused-ring (bicyclic) bond motifs is 1. The highest BCUT2D eigenvalue weighted by Crippen LogP contribution is 2.31. The van der Waals surface area contributed by atoms with Crippen molar-refractivity contribution < 1.29 is 17.9 Å². The molecular weight excluding hydrogens is 447 g/mol. The number of ether oxygens (including phenoxy) is 1. The van der Waals surface area contributed by atoms with E-state index in [9.17, 15) is 13.2 Å². The van der Waals surface area contributed by atoms with Crippen LogP contribution in [0.2, 0.25) is 10.2 Å². The Morgan fingerprint density at radius 1 is 1.10 bits per heavy atom. The summed E-state index contributed by atoms with van der Waals surface area (Å²) in [7, 11) is -4.10. The SMILES string of the molecule is CCCCOC(=O)CN(c1ccccc1)S(=O)(=O)c1ccc2c(Cl)cnc(Cl)c2c1. The molecule has 1 aromatic heterocycles. The minimum absolute atomic E-state index is 0.0359. The molecule has 0 spiro atoms. The number of unbranched alkanes of at least 4 members (excludes halogenated alkanes) is 1. The first kappa shape index (κ1) is 22.3. The number of benzene rings is 2. The number of carbonyl (C=O) groups excluding carboxylic acids is 1. The Morgan fingerprint density at radius 2 is 1.83 bits per heavy atom. The molecule has 6 nitrogen and oxygen atoms in total. The molecular formula is C21H20Cl2N2O4S. The number of para-hydroxylation sites is 1. The quantitative estimate of drug-likeness (QED) is 0.262. The maximum atomic E-state index is 13.5. The number of rotatable bonds is 8. The topological polar surface area (TPSA) is 76.6 Å². The molecule has 0 aliphatic carbocycles. The van der Waals surface area contributed by atoms with Gasteiger partial charge in [0.1, 0.15) is 11.7 Å². The third-order valence-electron chi connectivity index (χ3n) is 4.43. The Kier molecular flexibility index (Phi) is 7.18. The van der Waals surface area contributed by atoms with Gasteiger partial charge in [-0.2, -0.15) is 0 Å². The highest BCUT2D eigenvalue weighted by Gasteiger charge is 2.28. The third kappa shape index (κ3) is 4.86. The van der Waals surface area contributed by atoms with Crippen molar-refractivity contribution in [2.24, 2.45) is 0 Å². The molecule has 0 radical (unpaired) electrons. The molecule has 3 rings (SSSR count). The molecule has 0 saturated heterocycles. The number of hydrogen-bond donors (Lipinski definition) is 0. The van der Waals surface area contributed by atoms with Gasteiger partial charge in [-0.15, -0.1) is 0 Å². The standard InChI is InChI=1S/C21H20Cl2N2O4S/c1-2-3-11-29-20(26)14-25(15-7-5-4-6-8-15)30(27,28)16-9-10-17-18(12-16)21(23)24-13-19(17)22/h4-10,12-13H,2-3,11,14H2,1H3. The van der Waals surface area contributed by atoms with E-state index in [4.69, 9.17) is 27.9 Å². The normalized spacial score (nSPS) is 11.4. The second kappa shape index (κ2) is 9.64. The van der Waals surface area contributed by atoms with Gasteiger partial charge in [0.2, 0.25) is 0 Å². The molecule has 0 fully saturated rings. The summed E-state index contributed by atoms with van der Waals surface area (Å²) in [4.78, 5) is 16.3. The van der Waals surface area contributed by atoms with Gasteiger partial charge in [-0.3, -0.25) is 9.10 Å². The van der Waals surface area contributed by atoms with E-state index in [1.165, 1.54) is 18.3 Å². The van der Waals surface area contributed by atoms with Crippen molar-refractivity contribution >= 4 is 55.7 Å². The summed E-state index contributed by atoms with van der Waals surface area (Å²) in [6, 6.07) is 12.8. The number of carbonyl (C=O) groups is 1. The van der Waals surface area contributed by atoms with Crippen molar-refractivity contribution in [1.82, 2.24) is 4.98 Å². The van der Waals surface area contributed by atoms with Crippen LogP contribution < -0.4 is 4.31 Å². The van der Waals surface area contributed by atoms with Gasteiger partial charge in [-0.05, 0) is 30.7 Å². The zero-order valence-corrected chi connectivity index (χ0v) is 18.5. The van der Waals surface area contributed by atoms with Crippen LogP contribution in [-0.2, 0) is 19.6 Å². The first-order chi connectivity index (χ1) is 14.3. The Bertz CT molecular complexity index is 1150. The summed E-state index contributed by atoms with van der Waals surface area (Å²) in [5.74, 6) is -0.626. The number of aromatic nitrogens is 1. The molecule has 0 N–H and O–H groups in total. The van der Waals surface area contributed by atoms with Gasteiger partial charge < -0.3 is 4.74 Å². The maximum absolute atomic E-state index is 13.5. The van der Waals surface area contributed by atoms with Gasteiger partial charge in [0.15, 0.2) is 0 Å². The number of esters is 1. The number of halogens is 2. The average molecular weight is 467 g/mol. The largest absolute Gasteiger partial charge is 0.464 e. The number of anilines is 1. The lowest BCUT2D eigenvalue weighted by Crippen LogP contribution is -2.36. The molecule has 0 unspecified atom stereocenters. The van der Waals surface area contributed by atoms with E-state index in [-0.39, 0.29) is 16.7 Å². The molecule has 1 heterocycles. The van der Waals surface area contributed by atoms with Crippen LogP contribution >= 0.6 is 23.2 Å². The van der Waals surface area contributed by atoms with Crippen LogP contribution in [0, 0.1) is 0 Å². The van der Waals surface area contributed by atoms with E-state index < -0.39 is 22.5 Å². The maximum Gasteiger partial charge on any atom is 0.326 e. The van der Waals surface area contributed by atoms with Crippen molar-refractivity contribution in [3.8, 4) is 0 Å². The number of hydrogen-bond acceptors (Lipinski definition) is 5. The molecule has 158 valence electrons. The van der Waals surface area contributed by atoms with Gasteiger partial charge in [-0.25, -0.2) is 13.4 Å². The van der Waals surface area contributed by atoms with Crippen LogP contribution in [-0.4, -0.2) is 32.5 Å². The van der Waals surface area contributed by atoms with E-state index in [1.807, 2.05) is 6.92 Å². The minimum Gasteiger partial charge on any atom is -0.464 e. The zero-order chi connectivity index (χ0) is 21.7. The molecule has 2 aromatic carbocycles. The summed E-state index contributed by atoms with van der Waals surface area (Å²) in [5, 5.41) is 1.49. The van der Waals surface area contributed by atoms with Gasteiger partial charge in [0.25, 0.3) is 10.0 Å². The van der Waals surface area contributed by atoms with Gasteiger partial charge in [-0.1, -0.05) is 60.8 Å². The molecule has 0 bridgehead atoms. The van der Waals surface area contributed by atoms with E-state index >= 15 is 0 Å². The first-order valence-corrected chi connectivity index (χ1v) is 11.5. The van der Waals surface area contributed by atoms with E-state index in [1.54, 1.807) is 36.4 Å². The van der Waals surface area contributed by atoms with Crippen molar-refractivity contribution in [2.75, 3.05) is 17.5 Å². The van der Waals surface area contributed by atoms with Crippen LogP contribution in [0.5, 0.6) is 0 Å². The highest BCUT2D eigenvalue weighted by molar-refractivity contribution is 7.92. The summed E-state index contributed by atoms with van der Waals surface area (Å²) in [5.41, 5.74) is 0.348. The fraction of sp³-hybridized carbons (Fsp3) is 0.238. The highest BCUT2D eigenvalue weighted by atomic mass is 35.5. The zero-order valence-electron chi connectivity index (χ0n) is 16.2. The van der Waals surface area contributed by atoms with Crippen LogP contribution in [0.25, 0.3) is 10.8 Å². The smallest absolute Gasteiger partial charge is 0.326 e. The van der Waals surface area contributed by atoms with E-state index in [0.717, 1.165) is 10.7 Å². The van der Waals surface area contributed by atoms with Crippen LogP contribution in [0.15, 0.2) is 59.6 Å². The Labute approximate surface area is 185 Å². The lowest BCUT2D eigenvalue weighted by atomic mass is 10.2. The first-order valence-electron chi connectivity index (χ1n) is 9.31. The monoisotopic (exact) mass is 466 g/mol. The second-order valence-electron chi connectivity index (χ2n) is 6.53. The van der Waals surface area contributed by atoms with Crippen LogP contribution in [0.1, 0.15) is 19.8 Å². The second-order valence-corrected chi connectivity index (χ2v) is 9.15. The molecule has 30 heavy (non-hydrogen) atoms. The summed E-state index contributed by atoms with van der Waals surface area (Å²) in [6.07, 6.45) is 2.98. The molecule has 0 amide bonds. The lowest BCUT2D eigenvalue weighted by molar-refractivity contribution is -0.141. The lowest BCUT2D eigenvalue weighted by Gasteiger charge is -2.24. The molecule has 0 aliphatic rings. The molecule has 0 saturated carbocycles. The summed E-state index contributed by atoms with van der Waals surface area (Å²) < 4.78 is 33.1. The Balaban J connectivity index is 2.02. The third-order valence-corrected chi connectivity index (χ3v) is 6.80. The molecule has 3 aromatic rings. The van der Waals surface area contributed by atoms with Crippen molar-refractivity contribution in [3.63, 3.8) is 0 Å². The minimum atomic E-state index is -4.10. The fourth-order valence-corrected chi connectivity index (χ4v) is 4.70. The van der Waals surface area contributed by atoms with Gasteiger partial charge in [0, 0.05) is 17.0 Å². The molecule has 9 heteroatoms. The van der Waals surface area contributed by atoms with Crippen molar-refractivity contribution in [1.29, 1.82) is 0 Å². The van der Waals surface area contributed by atoms with E-state index in [2.05, 4.69) is 4.98 Å². The Hall–Kier alpha value is -2.35. The number of nitrogens with zero attached hydrogens (tertiary/aromatic N) is 2. The molecule has 0 atom stereocenters. The van der Waals surface area contributed by atoms with Crippen molar-refractivity contribution in [3.05, 3.63) is 64.9 Å². The predicted molar refractivity (Wildman–Crippen MR) is 119 cm³/mol. The summed E-state index contributed by atoms with van der Waals surface area (Å²) >= 11 is 12.3. The van der Waals surface area contributed by atoms with Crippen LogP contribution in [0.3, 0.4) is 0 Å². The van der Waals surface area contributed by atoms with Crippen molar-refractivity contribution in [2.45, 2.75) is 24.7 Å². The summed E-state index contributed by atoms with van der Waals surface area (Å²) in [6.45, 7) is 1.77.